The smallest absolute Gasteiger partial charge is 0.335 e. The Morgan fingerprint density at radius 1 is 1.11 bits per heavy atom. The number of nitrogens with one attached hydrogen (secondary N) is 1. The number of H-pyrrole nitrogens is 1. The minimum atomic E-state index is -0.978. The molecule has 0 radical (unpaired) electrons. The molecule has 0 saturated heterocycles. The SMILES string of the molecule is Cc1ccc(-c2nnc(SCCOc3ccc(C(=O)O)cc3)[nH]c2=O)cc1C. The molecule has 0 unspecified atom stereocenters. The molecule has 0 atom stereocenters. The van der Waals surface area contributed by atoms with Gasteiger partial charge in [-0.05, 0) is 55.3 Å². The Bertz CT molecular complexity index is 1050. The van der Waals surface area contributed by atoms with Crippen molar-refractivity contribution < 1.29 is 14.6 Å². The van der Waals surface area contributed by atoms with Crippen LogP contribution in [-0.2, 0) is 0 Å². The summed E-state index contributed by atoms with van der Waals surface area (Å²) >= 11 is 1.32. The Kier molecular flexibility index (Phi) is 6.10. The number of ether oxygens (including phenoxy) is 1. The Hall–Kier alpha value is -3.13. The normalized spacial score (nSPS) is 10.6. The van der Waals surface area contributed by atoms with Crippen LogP contribution < -0.4 is 10.3 Å². The molecule has 0 aliphatic heterocycles. The van der Waals surface area contributed by atoms with Crippen LogP contribution in [0.3, 0.4) is 0 Å². The van der Waals surface area contributed by atoms with Crippen LogP contribution in [0.25, 0.3) is 11.3 Å². The molecule has 0 spiro atoms. The van der Waals surface area contributed by atoms with Gasteiger partial charge in [-0.25, -0.2) is 4.79 Å². The van der Waals surface area contributed by atoms with Crippen molar-refractivity contribution >= 4 is 17.7 Å². The van der Waals surface area contributed by atoms with Gasteiger partial charge in [-0.1, -0.05) is 23.9 Å². The molecule has 2 N–H and O–H groups in total. The highest BCUT2D eigenvalue weighted by Gasteiger charge is 2.09. The first-order valence-corrected chi connectivity index (χ1v) is 9.56. The third kappa shape index (κ3) is 4.77. The zero-order chi connectivity index (χ0) is 20.1. The predicted octanol–water partition coefficient (Wildman–Crippen LogP) is 3.32. The van der Waals surface area contributed by atoms with Crippen LogP contribution in [0, 0.1) is 13.8 Å². The molecule has 0 saturated carbocycles. The Morgan fingerprint density at radius 3 is 2.50 bits per heavy atom. The first kappa shape index (κ1) is 19.6. The Morgan fingerprint density at radius 2 is 1.86 bits per heavy atom. The monoisotopic (exact) mass is 397 g/mol. The number of nitrogens with zero attached hydrogens (tertiary/aromatic N) is 2. The van der Waals surface area contributed by atoms with E-state index in [1.165, 1.54) is 23.9 Å². The average molecular weight is 397 g/mol. The molecule has 0 amide bonds. The summed E-state index contributed by atoms with van der Waals surface area (Å²) in [6, 6.07) is 11.9. The molecule has 1 heterocycles. The van der Waals surface area contributed by atoms with Gasteiger partial charge in [0.15, 0.2) is 10.9 Å². The van der Waals surface area contributed by atoms with Gasteiger partial charge in [-0.3, -0.25) is 9.78 Å². The molecular formula is C20H19N3O4S. The van der Waals surface area contributed by atoms with Crippen molar-refractivity contribution in [3.63, 3.8) is 0 Å². The van der Waals surface area contributed by atoms with Crippen LogP contribution in [0.4, 0.5) is 0 Å². The topological polar surface area (TPSA) is 105 Å². The van der Waals surface area contributed by atoms with Crippen LogP contribution in [0.5, 0.6) is 5.75 Å². The minimum absolute atomic E-state index is 0.207. The van der Waals surface area contributed by atoms with Crippen molar-refractivity contribution in [2.24, 2.45) is 0 Å². The maximum absolute atomic E-state index is 12.3. The van der Waals surface area contributed by atoms with Crippen LogP contribution in [0.2, 0.25) is 0 Å². The fraction of sp³-hybridized carbons (Fsp3) is 0.200. The van der Waals surface area contributed by atoms with Gasteiger partial charge in [-0.2, -0.15) is 0 Å². The number of rotatable bonds is 7. The van der Waals surface area contributed by atoms with Crippen molar-refractivity contribution in [3.8, 4) is 17.0 Å². The lowest BCUT2D eigenvalue weighted by Crippen LogP contribution is -2.14. The summed E-state index contributed by atoms with van der Waals surface area (Å²) < 4.78 is 5.56. The van der Waals surface area contributed by atoms with Gasteiger partial charge in [0, 0.05) is 11.3 Å². The molecule has 0 bridgehead atoms. The first-order valence-electron chi connectivity index (χ1n) is 8.57. The van der Waals surface area contributed by atoms with Crippen molar-refractivity contribution in [2.45, 2.75) is 19.0 Å². The van der Waals surface area contributed by atoms with Crippen LogP contribution >= 0.6 is 11.8 Å². The molecule has 28 heavy (non-hydrogen) atoms. The van der Waals surface area contributed by atoms with Crippen molar-refractivity contribution in [3.05, 3.63) is 69.5 Å². The number of hydrogen-bond donors (Lipinski definition) is 2. The third-order valence-corrected chi connectivity index (χ3v) is 4.98. The van der Waals surface area contributed by atoms with E-state index < -0.39 is 5.97 Å². The van der Waals surface area contributed by atoms with Crippen molar-refractivity contribution in [1.29, 1.82) is 0 Å². The fourth-order valence-electron chi connectivity index (χ4n) is 2.46. The van der Waals surface area contributed by atoms with E-state index in [-0.39, 0.29) is 11.1 Å². The van der Waals surface area contributed by atoms with E-state index in [9.17, 15) is 9.59 Å². The highest BCUT2D eigenvalue weighted by molar-refractivity contribution is 7.99. The molecule has 7 nitrogen and oxygen atoms in total. The molecule has 0 aliphatic carbocycles. The summed E-state index contributed by atoms with van der Waals surface area (Å²) in [5.74, 6) is 0.151. The van der Waals surface area contributed by atoms with Gasteiger partial charge >= 0.3 is 5.97 Å². The lowest BCUT2D eigenvalue weighted by Gasteiger charge is -2.06. The van der Waals surface area contributed by atoms with Crippen molar-refractivity contribution in [1.82, 2.24) is 15.2 Å². The van der Waals surface area contributed by atoms with E-state index in [2.05, 4.69) is 15.2 Å². The first-order chi connectivity index (χ1) is 13.4. The third-order valence-electron chi connectivity index (χ3n) is 4.15. The summed E-state index contributed by atoms with van der Waals surface area (Å²) in [6.07, 6.45) is 0. The molecule has 0 fully saturated rings. The minimum Gasteiger partial charge on any atom is -0.493 e. The molecule has 3 aromatic rings. The highest BCUT2D eigenvalue weighted by atomic mass is 32.2. The molecule has 1 aromatic heterocycles. The summed E-state index contributed by atoms with van der Waals surface area (Å²) in [7, 11) is 0. The van der Waals surface area contributed by atoms with Crippen molar-refractivity contribution in [2.75, 3.05) is 12.4 Å². The number of carboxylic acid groups (broad SMARTS) is 1. The second-order valence-corrected chi connectivity index (χ2v) is 7.22. The number of benzene rings is 2. The maximum atomic E-state index is 12.3. The molecular weight excluding hydrogens is 378 g/mol. The van der Waals surface area contributed by atoms with Crippen LogP contribution in [-0.4, -0.2) is 38.6 Å². The van der Waals surface area contributed by atoms with Crippen LogP contribution in [0.1, 0.15) is 21.5 Å². The Balaban J connectivity index is 1.56. The highest BCUT2D eigenvalue weighted by Crippen LogP contribution is 2.18. The number of carboxylic acids is 1. The predicted molar refractivity (Wildman–Crippen MR) is 107 cm³/mol. The van der Waals surface area contributed by atoms with E-state index in [1.54, 1.807) is 12.1 Å². The summed E-state index contributed by atoms with van der Waals surface area (Å²) in [6.45, 7) is 4.37. The number of thioether (sulfide) groups is 1. The Labute approximate surface area is 165 Å². The van der Waals surface area contributed by atoms with Gasteiger partial charge in [-0.15, -0.1) is 10.2 Å². The van der Waals surface area contributed by atoms with Gasteiger partial charge < -0.3 is 9.84 Å². The summed E-state index contributed by atoms with van der Waals surface area (Å²) in [4.78, 5) is 25.9. The number of carbonyl (C=O) groups is 1. The van der Waals surface area contributed by atoms with E-state index >= 15 is 0 Å². The number of aromatic nitrogens is 3. The number of aromatic carboxylic acids is 1. The van der Waals surface area contributed by atoms with Gasteiger partial charge in [0.2, 0.25) is 0 Å². The van der Waals surface area contributed by atoms with E-state index in [1.807, 2.05) is 32.0 Å². The molecule has 144 valence electrons. The zero-order valence-electron chi connectivity index (χ0n) is 15.4. The second-order valence-electron chi connectivity index (χ2n) is 6.13. The van der Waals surface area contributed by atoms with Gasteiger partial charge in [0.1, 0.15) is 5.75 Å². The molecule has 0 aliphatic rings. The number of hydrogen-bond acceptors (Lipinski definition) is 6. The second kappa shape index (κ2) is 8.71. The summed E-state index contributed by atoms with van der Waals surface area (Å²) in [5, 5.41) is 17.4. The number of aryl methyl sites for hydroxylation is 2. The molecule has 2 aromatic carbocycles. The maximum Gasteiger partial charge on any atom is 0.335 e. The van der Waals surface area contributed by atoms with E-state index in [4.69, 9.17) is 9.84 Å². The average Bonchev–Trinajstić information content (AvgIpc) is 2.68. The lowest BCUT2D eigenvalue weighted by molar-refractivity contribution is 0.0697. The standard InChI is InChI=1S/C20H19N3O4S/c1-12-3-4-15(11-13(12)2)17-18(24)21-20(23-22-17)28-10-9-27-16-7-5-14(6-8-16)19(25)26/h3-8,11H,9-10H2,1-2H3,(H,25,26)(H,21,23,24). The summed E-state index contributed by atoms with van der Waals surface area (Å²) in [5.41, 5.74) is 3.19. The zero-order valence-corrected chi connectivity index (χ0v) is 16.2. The number of aromatic amines is 1. The van der Waals surface area contributed by atoms with Crippen LogP contribution in [0.15, 0.2) is 52.4 Å². The molecule has 3 rings (SSSR count). The van der Waals surface area contributed by atoms with Gasteiger partial charge in [0.05, 0.1) is 12.2 Å². The van der Waals surface area contributed by atoms with E-state index in [0.29, 0.717) is 29.0 Å². The lowest BCUT2D eigenvalue weighted by atomic mass is 10.0. The largest absolute Gasteiger partial charge is 0.493 e. The fourth-order valence-corrected chi connectivity index (χ4v) is 3.08. The quantitative estimate of drug-likeness (QED) is 0.465. The molecule has 8 heteroatoms. The van der Waals surface area contributed by atoms with E-state index in [0.717, 1.165) is 16.7 Å². The van der Waals surface area contributed by atoms with Gasteiger partial charge in [0.25, 0.3) is 5.56 Å².